The summed E-state index contributed by atoms with van der Waals surface area (Å²) in [7, 11) is 0. The molecule has 18 heavy (non-hydrogen) atoms. The summed E-state index contributed by atoms with van der Waals surface area (Å²) in [5.74, 6) is -0.193. The molecule has 0 fully saturated rings. The van der Waals surface area contributed by atoms with E-state index in [2.05, 4.69) is 0 Å². The van der Waals surface area contributed by atoms with Crippen molar-refractivity contribution < 1.29 is 4.79 Å². The topological polar surface area (TPSA) is 39.1 Å². The number of hydrogen-bond donors (Lipinski definition) is 0. The maximum Gasteiger partial charge on any atom is 0.261 e. The predicted octanol–water partition coefficient (Wildman–Crippen LogP) is 2.74. The number of nitrogens with zero attached hydrogens (tertiary/aromatic N) is 1. The van der Waals surface area contributed by atoms with Gasteiger partial charge < -0.3 is 4.57 Å². The summed E-state index contributed by atoms with van der Waals surface area (Å²) in [5.41, 5.74) is 1.85. The SMILES string of the molecule is CCn1c(-c2ccccc2)ccc(C(C)=O)c1=O. The molecule has 0 radical (unpaired) electrons. The van der Waals surface area contributed by atoms with E-state index in [1.165, 1.54) is 6.92 Å². The van der Waals surface area contributed by atoms with Crippen molar-refractivity contribution in [1.82, 2.24) is 4.57 Å². The second-order valence-electron chi connectivity index (χ2n) is 4.10. The third-order valence-corrected chi connectivity index (χ3v) is 2.94. The fourth-order valence-electron chi connectivity index (χ4n) is 2.02. The molecule has 1 aromatic heterocycles. The zero-order chi connectivity index (χ0) is 13.1. The van der Waals surface area contributed by atoms with Gasteiger partial charge in [0.2, 0.25) is 0 Å². The standard InChI is InChI=1S/C15H15NO2/c1-3-16-14(12-7-5-4-6-8-12)10-9-13(11(2)17)15(16)18/h4-10H,3H2,1-2H3. The highest BCUT2D eigenvalue weighted by Crippen LogP contribution is 2.17. The minimum atomic E-state index is -0.216. The Morgan fingerprint density at radius 3 is 2.33 bits per heavy atom. The van der Waals surface area contributed by atoms with E-state index in [0.29, 0.717) is 6.54 Å². The Bertz CT molecular complexity index is 627. The molecule has 0 N–H and O–H groups in total. The largest absolute Gasteiger partial charge is 0.308 e. The average Bonchev–Trinajstić information content (AvgIpc) is 2.39. The number of aromatic nitrogens is 1. The van der Waals surface area contributed by atoms with Crippen LogP contribution in [0, 0.1) is 0 Å². The van der Waals surface area contributed by atoms with Gasteiger partial charge in [-0.05, 0) is 31.5 Å². The quantitative estimate of drug-likeness (QED) is 0.775. The Hall–Kier alpha value is -2.16. The van der Waals surface area contributed by atoms with Crippen LogP contribution in [0.4, 0.5) is 0 Å². The van der Waals surface area contributed by atoms with E-state index < -0.39 is 0 Å². The molecular formula is C15H15NO2. The zero-order valence-electron chi connectivity index (χ0n) is 10.5. The summed E-state index contributed by atoms with van der Waals surface area (Å²) >= 11 is 0. The van der Waals surface area contributed by atoms with Crippen LogP contribution in [0.2, 0.25) is 0 Å². The Labute approximate surface area is 106 Å². The molecule has 0 aliphatic rings. The van der Waals surface area contributed by atoms with Gasteiger partial charge in [-0.15, -0.1) is 0 Å². The number of hydrogen-bond acceptors (Lipinski definition) is 2. The lowest BCUT2D eigenvalue weighted by Gasteiger charge is -2.12. The van der Waals surface area contributed by atoms with Crippen LogP contribution >= 0.6 is 0 Å². The Morgan fingerprint density at radius 2 is 1.78 bits per heavy atom. The lowest BCUT2D eigenvalue weighted by molar-refractivity contribution is 0.101. The maximum atomic E-state index is 12.2. The number of ketones is 1. The van der Waals surface area contributed by atoms with Crippen molar-refractivity contribution in [1.29, 1.82) is 0 Å². The molecule has 0 atom stereocenters. The van der Waals surface area contributed by atoms with E-state index in [-0.39, 0.29) is 16.9 Å². The van der Waals surface area contributed by atoms with E-state index in [0.717, 1.165) is 11.3 Å². The van der Waals surface area contributed by atoms with Gasteiger partial charge in [-0.3, -0.25) is 9.59 Å². The first-order chi connectivity index (χ1) is 8.65. The average molecular weight is 241 g/mol. The van der Waals surface area contributed by atoms with Crippen LogP contribution in [-0.2, 0) is 6.54 Å². The molecule has 0 bridgehead atoms. The molecule has 0 spiro atoms. The van der Waals surface area contributed by atoms with E-state index >= 15 is 0 Å². The maximum absolute atomic E-state index is 12.2. The fourth-order valence-corrected chi connectivity index (χ4v) is 2.02. The number of pyridine rings is 1. The lowest BCUT2D eigenvalue weighted by Crippen LogP contribution is -2.26. The highest BCUT2D eigenvalue weighted by atomic mass is 16.1. The van der Waals surface area contributed by atoms with Gasteiger partial charge in [0.15, 0.2) is 5.78 Å². The van der Waals surface area contributed by atoms with E-state index in [4.69, 9.17) is 0 Å². The van der Waals surface area contributed by atoms with Crippen LogP contribution in [0.3, 0.4) is 0 Å². The summed E-state index contributed by atoms with van der Waals surface area (Å²) in [6.45, 7) is 3.86. The third-order valence-electron chi connectivity index (χ3n) is 2.94. The zero-order valence-corrected chi connectivity index (χ0v) is 10.5. The van der Waals surface area contributed by atoms with Gasteiger partial charge in [0.05, 0.1) is 11.3 Å². The summed E-state index contributed by atoms with van der Waals surface area (Å²) in [6.07, 6.45) is 0. The van der Waals surface area contributed by atoms with Gasteiger partial charge in [0.25, 0.3) is 5.56 Å². The fraction of sp³-hybridized carbons (Fsp3) is 0.200. The molecule has 0 aliphatic heterocycles. The Kier molecular flexibility index (Phi) is 3.42. The summed E-state index contributed by atoms with van der Waals surface area (Å²) < 4.78 is 1.63. The number of benzene rings is 1. The minimum Gasteiger partial charge on any atom is -0.308 e. The van der Waals surface area contributed by atoms with Crippen molar-refractivity contribution >= 4 is 5.78 Å². The van der Waals surface area contributed by atoms with Gasteiger partial charge in [-0.25, -0.2) is 0 Å². The summed E-state index contributed by atoms with van der Waals surface area (Å²) in [6, 6.07) is 13.1. The monoisotopic (exact) mass is 241 g/mol. The van der Waals surface area contributed by atoms with Gasteiger partial charge in [-0.2, -0.15) is 0 Å². The van der Waals surface area contributed by atoms with E-state index in [1.54, 1.807) is 10.6 Å². The molecule has 0 saturated heterocycles. The molecule has 0 amide bonds. The second-order valence-corrected chi connectivity index (χ2v) is 4.10. The summed E-state index contributed by atoms with van der Waals surface area (Å²) in [4.78, 5) is 23.5. The highest BCUT2D eigenvalue weighted by Gasteiger charge is 2.11. The molecule has 0 unspecified atom stereocenters. The third kappa shape index (κ3) is 2.12. The normalized spacial score (nSPS) is 10.3. The number of rotatable bonds is 3. The van der Waals surface area contributed by atoms with Crippen molar-refractivity contribution in [2.24, 2.45) is 0 Å². The van der Waals surface area contributed by atoms with Crippen molar-refractivity contribution in [2.75, 3.05) is 0 Å². The van der Waals surface area contributed by atoms with Crippen LogP contribution in [-0.4, -0.2) is 10.4 Å². The molecule has 1 heterocycles. The van der Waals surface area contributed by atoms with Crippen LogP contribution < -0.4 is 5.56 Å². The van der Waals surface area contributed by atoms with Gasteiger partial charge in [0.1, 0.15) is 0 Å². The molecule has 1 aromatic carbocycles. The second kappa shape index (κ2) is 5.00. The predicted molar refractivity (Wildman–Crippen MR) is 71.8 cm³/mol. The van der Waals surface area contributed by atoms with E-state index in [1.807, 2.05) is 43.3 Å². The van der Waals surface area contributed by atoms with Crippen LogP contribution in [0.25, 0.3) is 11.3 Å². The number of carbonyl (C=O) groups is 1. The molecule has 3 heteroatoms. The Balaban J connectivity index is 2.68. The van der Waals surface area contributed by atoms with Crippen LogP contribution in [0.5, 0.6) is 0 Å². The first-order valence-corrected chi connectivity index (χ1v) is 5.95. The number of Topliss-reactive ketones (excluding diaryl/α,β-unsaturated/α-hetero) is 1. The lowest BCUT2D eigenvalue weighted by atomic mass is 10.1. The van der Waals surface area contributed by atoms with Crippen LogP contribution in [0.1, 0.15) is 24.2 Å². The summed E-state index contributed by atoms with van der Waals surface area (Å²) in [5, 5.41) is 0. The van der Waals surface area contributed by atoms with Crippen molar-refractivity contribution in [3.63, 3.8) is 0 Å². The molecular weight excluding hydrogens is 226 g/mol. The first kappa shape index (κ1) is 12.3. The van der Waals surface area contributed by atoms with Gasteiger partial charge >= 0.3 is 0 Å². The molecule has 2 aromatic rings. The Morgan fingerprint density at radius 1 is 1.11 bits per heavy atom. The smallest absolute Gasteiger partial charge is 0.261 e. The molecule has 3 nitrogen and oxygen atoms in total. The van der Waals surface area contributed by atoms with Crippen molar-refractivity contribution in [3.8, 4) is 11.3 Å². The van der Waals surface area contributed by atoms with Gasteiger partial charge in [0, 0.05) is 6.54 Å². The minimum absolute atomic E-state index is 0.193. The van der Waals surface area contributed by atoms with Crippen molar-refractivity contribution in [2.45, 2.75) is 20.4 Å². The molecule has 92 valence electrons. The van der Waals surface area contributed by atoms with Crippen molar-refractivity contribution in [3.05, 3.63) is 58.4 Å². The molecule has 2 rings (SSSR count). The molecule has 0 aliphatic carbocycles. The van der Waals surface area contributed by atoms with Gasteiger partial charge in [-0.1, -0.05) is 30.3 Å². The van der Waals surface area contributed by atoms with E-state index in [9.17, 15) is 9.59 Å². The molecule has 0 saturated carbocycles. The van der Waals surface area contributed by atoms with Crippen LogP contribution in [0.15, 0.2) is 47.3 Å². The first-order valence-electron chi connectivity index (χ1n) is 5.95. The highest BCUT2D eigenvalue weighted by molar-refractivity contribution is 5.93. The number of carbonyl (C=O) groups excluding carboxylic acids is 1.